The Bertz CT molecular complexity index is 460. The number of hydrogen-bond acceptors (Lipinski definition) is 3. The van der Waals surface area contributed by atoms with E-state index in [4.69, 9.17) is 11.4 Å². The van der Waals surface area contributed by atoms with Gasteiger partial charge in [-0.05, 0) is 19.8 Å². The second kappa shape index (κ2) is 8.33. The quantitative estimate of drug-likeness (QED) is 0.342. The van der Waals surface area contributed by atoms with Gasteiger partial charge < -0.3 is 15.5 Å². The number of carbonyl (C=O) groups is 1. The van der Waals surface area contributed by atoms with E-state index in [0.717, 1.165) is 63.0 Å². The number of nitrogens with one attached hydrogen (secondary N) is 2. The third-order valence-corrected chi connectivity index (χ3v) is 5.02. The van der Waals surface area contributed by atoms with Crippen LogP contribution < -0.4 is 10.6 Å². The molecule has 1 spiro atoms. The van der Waals surface area contributed by atoms with E-state index >= 15 is 0 Å². The summed E-state index contributed by atoms with van der Waals surface area (Å²) in [5, 5.41) is 6.37. The minimum absolute atomic E-state index is 0.101. The maximum absolute atomic E-state index is 11.6. The molecule has 2 heterocycles. The van der Waals surface area contributed by atoms with Crippen LogP contribution in [0.5, 0.6) is 0 Å². The lowest BCUT2D eigenvalue weighted by Gasteiger charge is -2.40. The fraction of sp³-hybridized carbons (Fsp3) is 0.750. The molecule has 0 radical (unpaired) electrons. The molecule has 2 fully saturated rings. The topological polar surface area (TPSA) is 56.7 Å². The Kier molecular flexibility index (Phi) is 6.44. The highest BCUT2D eigenvalue weighted by atomic mass is 32.2. The Morgan fingerprint density at radius 2 is 2.50 bits per heavy atom. The molecule has 1 unspecified atom stereocenters. The summed E-state index contributed by atoms with van der Waals surface area (Å²) in [6.07, 6.45) is 8.15. The van der Waals surface area contributed by atoms with E-state index in [9.17, 15) is 4.79 Å². The van der Waals surface area contributed by atoms with Crippen LogP contribution in [-0.2, 0) is 4.79 Å². The summed E-state index contributed by atoms with van der Waals surface area (Å²) in [4.78, 5) is 18.6. The van der Waals surface area contributed by atoms with Gasteiger partial charge in [0.05, 0.1) is 12.3 Å². The highest BCUT2D eigenvalue weighted by Gasteiger charge is 2.42. The van der Waals surface area contributed by atoms with Crippen LogP contribution in [-0.4, -0.2) is 61.0 Å². The normalized spacial score (nSPS) is 25.2. The number of hydrogen-bond donors (Lipinski definition) is 2. The van der Waals surface area contributed by atoms with E-state index in [1.807, 2.05) is 0 Å². The molecule has 0 aromatic rings. The second-order valence-corrected chi connectivity index (χ2v) is 7.08. The van der Waals surface area contributed by atoms with Crippen molar-refractivity contribution in [3.63, 3.8) is 0 Å². The van der Waals surface area contributed by atoms with Gasteiger partial charge in [-0.25, -0.2) is 0 Å². The Morgan fingerprint density at radius 1 is 1.64 bits per heavy atom. The molecule has 2 aliphatic rings. The van der Waals surface area contributed by atoms with E-state index in [0.29, 0.717) is 6.42 Å². The van der Waals surface area contributed by atoms with Gasteiger partial charge in [0.25, 0.3) is 0 Å². The van der Waals surface area contributed by atoms with E-state index < -0.39 is 0 Å². The van der Waals surface area contributed by atoms with Crippen molar-refractivity contribution in [2.24, 2.45) is 10.4 Å². The van der Waals surface area contributed by atoms with Crippen LogP contribution in [0, 0.1) is 17.8 Å². The van der Waals surface area contributed by atoms with Gasteiger partial charge in [-0.1, -0.05) is 5.92 Å². The molecular weight excluding hydrogens is 296 g/mol. The molecule has 6 heteroatoms. The van der Waals surface area contributed by atoms with Crippen LogP contribution in [0.15, 0.2) is 4.99 Å². The first kappa shape index (κ1) is 17.0. The predicted octanol–water partition coefficient (Wildman–Crippen LogP) is 0.920. The maximum atomic E-state index is 11.6. The summed E-state index contributed by atoms with van der Waals surface area (Å²) < 4.78 is 0. The van der Waals surface area contributed by atoms with E-state index in [-0.39, 0.29) is 11.3 Å². The summed E-state index contributed by atoms with van der Waals surface area (Å²) in [5.41, 5.74) is 0.101. The number of carbonyl (C=O) groups excluding carboxylic acids is 1. The second-order valence-electron chi connectivity index (χ2n) is 5.97. The first-order valence-electron chi connectivity index (χ1n) is 8.00. The van der Waals surface area contributed by atoms with Gasteiger partial charge in [-0.2, -0.15) is 0 Å². The molecule has 0 aliphatic carbocycles. The fourth-order valence-electron chi connectivity index (χ4n) is 3.20. The van der Waals surface area contributed by atoms with Crippen LogP contribution in [0.3, 0.4) is 0 Å². The molecule has 0 aromatic heterocycles. The number of piperidine rings is 1. The Labute approximate surface area is 137 Å². The first-order chi connectivity index (χ1) is 10.7. The van der Waals surface area contributed by atoms with Crippen LogP contribution in [0.4, 0.5) is 0 Å². The monoisotopic (exact) mass is 322 g/mol. The number of thioether (sulfide) groups is 1. The van der Waals surface area contributed by atoms with Crippen molar-refractivity contribution in [2.45, 2.75) is 26.2 Å². The van der Waals surface area contributed by atoms with Crippen molar-refractivity contribution in [2.75, 3.05) is 44.2 Å². The number of guanidine groups is 1. The molecule has 1 amide bonds. The predicted molar refractivity (Wildman–Crippen MR) is 93.0 cm³/mol. The zero-order valence-corrected chi connectivity index (χ0v) is 14.2. The van der Waals surface area contributed by atoms with Crippen LogP contribution in [0.25, 0.3) is 0 Å². The highest BCUT2D eigenvalue weighted by molar-refractivity contribution is 7.99. The number of amides is 1. The molecule has 5 nitrogen and oxygen atoms in total. The molecule has 2 N–H and O–H groups in total. The Balaban J connectivity index is 1.94. The molecule has 22 heavy (non-hydrogen) atoms. The van der Waals surface area contributed by atoms with Gasteiger partial charge in [0.1, 0.15) is 0 Å². The van der Waals surface area contributed by atoms with Gasteiger partial charge in [0.2, 0.25) is 5.91 Å². The molecule has 2 rings (SSSR count). The largest absolute Gasteiger partial charge is 0.357 e. The van der Waals surface area contributed by atoms with E-state index in [1.54, 1.807) is 11.8 Å². The third kappa shape index (κ3) is 4.57. The lowest BCUT2D eigenvalue weighted by Crippen LogP contribution is -2.51. The van der Waals surface area contributed by atoms with Crippen LogP contribution in [0.2, 0.25) is 0 Å². The Hall–Kier alpha value is -1.35. The minimum Gasteiger partial charge on any atom is -0.357 e. The zero-order valence-electron chi connectivity index (χ0n) is 13.4. The van der Waals surface area contributed by atoms with Crippen molar-refractivity contribution in [1.82, 2.24) is 15.5 Å². The lowest BCUT2D eigenvalue weighted by atomic mass is 9.79. The summed E-state index contributed by atoms with van der Waals surface area (Å²) in [6.45, 7) is 6.45. The summed E-state index contributed by atoms with van der Waals surface area (Å²) in [7, 11) is 0. The molecule has 2 aliphatic heterocycles. The molecule has 0 aromatic carbocycles. The molecular formula is C16H26N4OS. The summed E-state index contributed by atoms with van der Waals surface area (Å²) >= 11 is 1.73. The third-order valence-electron chi connectivity index (χ3n) is 4.17. The highest BCUT2D eigenvalue weighted by Crippen LogP contribution is 2.35. The van der Waals surface area contributed by atoms with Crippen molar-refractivity contribution in [3.05, 3.63) is 0 Å². The smallest absolute Gasteiger partial charge is 0.220 e. The fourth-order valence-corrected chi connectivity index (χ4v) is 3.68. The zero-order chi connectivity index (χ0) is 15.8. The number of nitrogens with zero attached hydrogens (tertiary/aromatic N) is 2. The van der Waals surface area contributed by atoms with Crippen molar-refractivity contribution >= 4 is 23.6 Å². The maximum Gasteiger partial charge on any atom is 0.220 e. The average Bonchev–Trinajstić information content (AvgIpc) is 2.86. The number of terminal acetylenes is 1. The minimum atomic E-state index is 0.101. The van der Waals surface area contributed by atoms with Gasteiger partial charge in [0, 0.05) is 43.8 Å². The van der Waals surface area contributed by atoms with Crippen molar-refractivity contribution in [3.8, 4) is 12.3 Å². The molecule has 2 saturated heterocycles. The first-order valence-corrected chi connectivity index (χ1v) is 9.16. The van der Waals surface area contributed by atoms with Gasteiger partial charge in [0.15, 0.2) is 5.96 Å². The standard InChI is InChI=1S/C16H26N4OS/c1-3-9-22-10-7-18-15(17-4-2)20-8-5-6-16(13-20)11-14(21)19-12-16/h1H,4-13H2,2H3,(H,17,18)(H,19,21). The van der Waals surface area contributed by atoms with Gasteiger partial charge in [-0.15, -0.1) is 18.2 Å². The molecule has 0 bridgehead atoms. The molecule has 1 atom stereocenters. The molecule has 122 valence electrons. The summed E-state index contributed by atoms with van der Waals surface area (Å²) in [5.74, 6) is 5.48. The summed E-state index contributed by atoms with van der Waals surface area (Å²) in [6, 6.07) is 0. The van der Waals surface area contributed by atoms with Crippen LogP contribution in [0.1, 0.15) is 26.2 Å². The number of rotatable bonds is 5. The Morgan fingerprint density at radius 3 is 3.18 bits per heavy atom. The van der Waals surface area contributed by atoms with Gasteiger partial charge in [-0.3, -0.25) is 9.79 Å². The number of aliphatic imine (C=N–C) groups is 1. The lowest BCUT2D eigenvalue weighted by molar-refractivity contribution is -0.119. The van der Waals surface area contributed by atoms with Gasteiger partial charge >= 0.3 is 0 Å². The SMILES string of the molecule is C#CCSCCN=C(NCC)N1CCCC2(CNC(=O)C2)C1. The average molecular weight is 322 g/mol. The van der Waals surface area contributed by atoms with Crippen molar-refractivity contribution < 1.29 is 4.79 Å². The number of likely N-dealkylation sites (tertiary alicyclic amines) is 1. The molecule has 0 saturated carbocycles. The van der Waals surface area contributed by atoms with E-state index in [2.05, 4.69) is 28.4 Å². The van der Waals surface area contributed by atoms with Crippen LogP contribution >= 0.6 is 11.8 Å². The van der Waals surface area contributed by atoms with Crippen molar-refractivity contribution in [1.29, 1.82) is 0 Å². The van der Waals surface area contributed by atoms with E-state index in [1.165, 1.54) is 0 Å².